The lowest BCUT2D eigenvalue weighted by molar-refractivity contribution is -0.122. The molecule has 1 fully saturated rings. The van der Waals surface area contributed by atoms with Crippen molar-refractivity contribution in [3.8, 4) is 6.07 Å². The van der Waals surface area contributed by atoms with Crippen LogP contribution < -0.4 is 10.2 Å². The number of carbonyl (C=O) groups excluding carboxylic acids is 2. The molecule has 1 aromatic carbocycles. The van der Waals surface area contributed by atoms with Crippen molar-refractivity contribution >= 4 is 45.7 Å². The van der Waals surface area contributed by atoms with Crippen molar-refractivity contribution < 1.29 is 9.59 Å². The van der Waals surface area contributed by atoms with Gasteiger partial charge in [-0.15, -0.1) is 10.2 Å². The lowest BCUT2D eigenvalue weighted by Crippen LogP contribution is -2.28. The van der Waals surface area contributed by atoms with E-state index in [2.05, 4.69) is 15.5 Å². The van der Waals surface area contributed by atoms with Gasteiger partial charge < -0.3 is 10.2 Å². The maximum atomic E-state index is 12.4. The van der Waals surface area contributed by atoms with E-state index in [0.29, 0.717) is 16.0 Å². The topological polar surface area (TPSA) is 99.0 Å². The summed E-state index contributed by atoms with van der Waals surface area (Å²) in [4.78, 5) is 26.3. The predicted octanol–water partition coefficient (Wildman–Crippen LogP) is 2.45. The number of rotatable bonds is 5. The molecule has 2 aromatic rings. The average Bonchev–Trinajstić information content (AvgIpc) is 3.20. The Balaban J connectivity index is 1.62. The number of nitrogens with zero attached hydrogens (tertiary/aromatic N) is 4. The van der Waals surface area contributed by atoms with Gasteiger partial charge in [0, 0.05) is 18.7 Å². The largest absolute Gasteiger partial charge is 0.312 e. The maximum Gasteiger partial charge on any atom is 0.231 e. The number of anilines is 2. The molecule has 0 radical (unpaired) electrons. The Labute approximate surface area is 153 Å². The van der Waals surface area contributed by atoms with Crippen LogP contribution >= 0.6 is 23.1 Å². The molecule has 1 saturated heterocycles. The van der Waals surface area contributed by atoms with Gasteiger partial charge in [-0.1, -0.05) is 40.8 Å². The minimum atomic E-state index is -0.423. The van der Waals surface area contributed by atoms with E-state index in [-0.39, 0.29) is 24.0 Å². The fourth-order valence-electron chi connectivity index (χ4n) is 2.48. The third-order valence-corrected chi connectivity index (χ3v) is 5.58. The first-order valence-electron chi connectivity index (χ1n) is 7.58. The molecule has 128 valence electrons. The van der Waals surface area contributed by atoms with E-state index in [0.717, 1.165) is 11.3 Å². The van der Waals surface area contributed by atoms with Crippen molar-refractivity contribution in [2.45, 2.75) is 17.7 Å². The second-order valence-electron chi connectivity index (χ2n) is 5.55. The minimum absolute atomic E-state index is 0.0634. The fraction of sp³-hybridized carbons (Fsp3) is 0.312. The summed E-state index contributed by atoms with van der Waals surface area (Å²) >= 11 is 2.49. The second kappa shape index (κ2) is 7.63. The van der Waals surface area contributed by atoms with Gasteiger partial charge in [-0.05, 0) is 19.1 Å². The highest BCUT2D eigenvalue weighted by Gasteiger charge is 2.35. The summed E-state index contributed by atoms with van der Waals surface area (Å²) in [6.07, 6.45) is 0.175. The summed E-state index contributed by atoms with van der Waals surface area (Å²) < 4.78 is 0.626. The van der Waals surface area contributed by atoms with Gasteiger partial charge in [-0.3, -0.25) is 9.59 Å². The maximum absolute atomic E-state index is 12.4. The molecule has 1 aliphatic rings. The van der Waals surface area contributed by atoms with Gasteiger partial charge in [-0.2, -0.15) is 5.26 Å². The van der Waals surface area contributed by atoms with Crippen LogP contribution in [0.5, 0.6) is 0 Å². The SMILES string of the molecule is Cc1ccc(N2C[C@@H](C(=O)Nc3nnc(SCC#N)s3)CC2=O)cc1. The molecule has 0 unspecified atom stereocenters. The lowest BCUT2D eigenvalue weighted by atomic mass is 10.1. The van der Waals surface area contributed by atoms with Gasteiger partial charge in [0.25, 0.3) is 0 Å². The Morgan fingerprint density at radius 3 is 2.92 bits per heavy atom. The molecule has 25 heavy (non-hydrogen) atoms. The van der Waals surface area contributed by atoms with Gasteiger partial charge in [-0.25, -0.2) is 0 Å². The Bertz CT molecular complexity index is 828. The average molecular weight is 373 g/mol. The third kappa shape index (κ3) is 4.15. The lowest BCUT2D eigenvalue weighted by Gasteiger charge is -2.16. The van der Waals surface area contributed by atoms with Crippen molar-refractivity contribution in [2.24, 2.45) is 5.92 Å². The molecule has 3 rings (SSSR count). The van der Waals surface area contributed by atoms with Gasteiger partial charge in [0.05, 0.1) is 17.7 Å². The molecule has 1 aromatic heterocycles. The number of hydrogen-bond acceptors (Lipinski definition) is 7. The molecular weight excluding hydrogens is 358 g/mol. The molecule has 1 atom stereocenters. The first-order valence-corrected chi connectivity index (χ1v) is 9.38. The Hall–Kier alpha value is -2.44. The van der Waals surface area contributed by atoms with Crippen LogP contribution in [0.1, 0.15) is 12.0 Å². The van der Waals surface area contributed by atoms with Crippen LogP contribution in [0.15, 0.2) is 28.6 Å². The summed E-state index contributed by atoms with van der Waals surface area (Å²) in [5, 5.41) is 19.5. The number of benzene rings is 1. The van der Waals surface area contributed by atoms with Crippen LogP contribution in [-0.4, -0.2) is 34.3 Å². The van der Waals surface area contributed by atoms with Crippen LogP contribution in [0, 0.1) is 24.2 Å². The molecule has 0 spiro atoms. The van der Waals surface area contributed by atoms with E-state index in [9.17, 15) is 9.59 Å². The molecular formula is C16H15N5O2S2. The Morgan fingerprint density at radius 1 is 1.44 bits per heavy atom. The van der Waals surface area contributed by atoms with E-state index in [4.69, 9.17) is 5.26 Å². The van der Waals surface area contributed by atoms with Gasteiger partial charge in [0.1, 0.15) is 0 Å². The molecule has 2 amide bonds. The molecule has 2 heterocycles. The monoisotopic (exact) mass is 373 g/mol. The minimum Gasteiger partial charge on any atom is -0.312 e. The molecule has 0 bridgehead atoms. The van der Waals surface area contributed by atoms with Crippen molar-refractivity contribution in [1.82, 2.24) is 10.2 Å². The number of nitrogens with one attached hydrogen (secondary N) is 1. The molecule has 0 aliphatic carbocycles. The smallest absolute Gasteiger partial charge is 0.231 e. The number of aryl methyl sites for hydroxylation is 1. The number of aromatic nitrogens is 2. The summed E-state index contributed by atoms with van der Waals surface area (Å²) in [6, 6.07) is 9.67. The highest BCUT2D eigenvalue weighted by Crippen LogP contribution is 2.28. The quantitative estimate of drug-likeness (QED) is 0.638. The predicted molar refractivity (Wildman–Crippen MR) is 96.5 cm³/mol. The normalized spacial score (nSPS) is 16.7. The molecule has 0 saturated carbocycles. The van der Waals surface area contributed by atoms with Crippen LogP contribution in [0.4, 0.5) is 10.8 Å². The second-order valence-corrected chi connectivity index (χ2v) is 7.75. The fourth-order valence-corrected chi connectivity index (χ4v) is 3.89. The summed E-state index contributed by atoms with van der Waals surface area (Å²) in [7, 11) is 0. The highest BCUT2D eigenvalue weighted by molar-refractivity contribution is 8.01. The van der Waals surface area contributed by atoms with Gasteiger partial charge >= 0.3 is 0 Å². The molecule has 1 N–H and O–H groups in total. The molecule has 7 nitrogen and oxygen atoms in total. The molecule has 9 heteroatoms. The van der Waals surface area contributed by atoms with Crippen LogP contribution in [0.25, 0.3) is 0 Å². The highest BCUT2D eigenvalue weighted by atomic mass is 32.2. The first kappa shape index (κ1) is 17.4. The zero-order valence-corrected chi connectivity index (χ0v) is 15.1. The Morgan fingerprint density at radius 2 is 2.20 bits per heavy atom. The summed E-state index contributed by atoms with van der Waals surface area (Å²) in [5.41, 5.74) is 1.92. The third-order valence-electron chi connectivity index (χ3n) is 3.74. The number of hydrogen-bond donors (Lipinski definition) is 1. The van der Waals surface area contributed by atoms with E-state index < -0.39 is 5.92 Å². The number of amides is 2. The Kier molecular flexibility index (Phi) is 5.31. The zero-order chi connectivity index (χ0) is 17.8. The summed E-state index contributed by atoms with van der Waals surface area (Å²) in [5.74, 6) is -0.444. The number of carbonyl (C=O) groups is 2. The summed E-state index contributed by atoms with van der Waals surface area (Å²) in [6.45, 7) is 2.33. The molecule has 1 aliphatic heterocycles. The van der Waals surface area contributed by atoms with E-state index in [1.165, 1.54) is 23.1 Å². The van der Waals surface area contributed by atoms with Gasteiger partial charge in [0.2, 0.25) is 16.9 Å². The zero-order valence-electron chi connectivity index (χ0n) is 13.4. The van der Waals surface area contributed by atoms with E-state index in [1.807, 2.05) is 37.3 Å². The van der Waals surface area contributed by atoms with Crippen molar-refractivity contribution in [3.63, 3.8) is 0 Å². The van der Waals surface area contributed by atoms with E-state index in [1.54, 1.807) is 4.90 Å². The van der Waals surface area contributed by atoms with E-state index >= 15 is 0 Å². The van der Waals surface area contributed by atoms with Crippen molar-refractivity contribution in [1.29, 1.82) is 5.26 Å². The van der Waals surface area contributed by atoms with Crippen LogP contribution in [0.2, 0.25) is 0 Å². The first-order chi connectivity index (χ1) is 12.1. The van der Waals surface area contributed by atoms with Crippen molar-refractivity contribution in [3.05, 3.63) is 29.8 Å². The number of nitriles is 1. The van der Waals surface area contributed by atoms with Crippen LogP contribution in [-0.2, 0) is 9.59 Å². The van der Waals surface area contributed by atoms with Crippen LogP contribution in [0.3, 0.4) is 0 Å². The van der Waals surface area contributed by atoms with Gasteiger partial charge in [0.15, 0.2) is 4.34 Å². The number of thioether (sulfide) groups is 1. The standard InChI is InChI=1S/C16H15N5O2S2/c1-10-2-4-12(5-3-10)21-9-11(8-13(21)22)14(23)18-15-19-20-16(25-15)24-7-6-17/h2-5,11H,7-9H2,1H3,(H,18,19,23)/t11-/m0/s1. The van der Waals surface area contributed by atoms with Crippen molar-refractivity contribution in [2.75, 3.05) is 22.5 Å².